The number of pyridine rings is 1. The number of nitrogens with zero attached hydrogens (tertiary/aromatic N) is 2. The first-order chi connectivity index (χ1) is 25.5. The van der Waals surface area contributed by atoms with Gasteiger partial charge in [0, 0.05) is 29.8 Å². The molecule has 11 nitrogen and oxygen atoms in total. The fourth-order valence-electron chi connectivity index (χ4n) is 8.96. The van der Waals surface area contributed by atoms with E-state index in [2.05, 4.69) is 28.4 Å². The zero-order valence-electron chi connectivity index (χ0n) is 30.2. The number of hydrogen-bond donors (Lipinski definition) is 1. The molecule has 2 aromatic rings. The van der Waals surface area contributed by atoms with Gasteiger partial charge in [0.15, 0.2) is 5.78 Å². The van der Waals surface area contributed by atoms with Crippen LogP contribution in [0.1, 0.15) is 95.5 Å². The Morgan fingerprint density at radius 1 is 1.08 bits per heavy atom. The first kappa shape index (κ1) is 35.9. The molecule has 5 fully saturated rings. The van der Waals surface area contributed by atoms with Crippen LogP contribution in [0.15, 0.2) is 49.2 Å². The Hall–Kier alpha value is -4.06. The van der Waals surface area contributed by atoms with Gasteiger partial charge in [0.25, 0.3) is 0 Å². The van der Waals surface area contributed by atoms with Gasteiger partial charge in [-0.1, -0.05) is 49.6 Å². The van der Waals surface area contributed by atoms with Crippen molar-refractivity contribution in [2.45, 2.75) is 107 Å². The molecule has 3 heterocycles. The fraction of sp³-hybridized carbons (Fsp3) is 0.585. The van der Waals surface area contributed by atoms with Crippen molar-refractivity contribution in [3.05, 3.63) is 54.8 Å². The Kier molecular flexibility index (Phi) is 9.48. The van der Waals surface area contributed by atoms with Gasteiger partial charge in [-0.3, -0.25) is 23.9 Å². The summed E-state index contributed by atoms with van der Waals surface area (Å²) < 4.78 is 40.3. The highest BCUT2D eigenvalue weighted by Gasteiger charge is 2.61. The summed E-state index contributed by atoms with van der Waals surface area (Å²) in [6, 6.07) is 7.06. The number of rotatable bonds is 8. The molecule has 1 N–H and O–H groups in total. The van der Waals surface area contributed by atoms with Gasteiger partial charge < -0.3 is 14.4 Å². The minimum atomic E-state index is -3.83. The van der Waals surface area contributed by atoms with Crippen LogP contribution in [-0.2, 0) is 33.9 Å². The van der Waals surface area contributed by atoms with Gasteiger partial charge in [0.1, 0.15) is 6.10 Å². The Balaban J connectivity index is 1.12. The second-order valence-corrected chi connectivity index (χ2v) is 18.5. The molecule has 1 saturated heterocycles. The number of fused-ring (bicyclic) bond motifs is 3. The quantitative estimate of drug-likeness (QED) is 0.267. The van der Waals surface area contributed by atoms with E-state index in [1.54, 1.807) is 17.2 Å². The zero-order chi connectivity index (χ0) is 37.0. The van der Waals surface area contributed by atoms with Crippen LogP contribution in [0.3, 0.4) is 0 Å². The van der Waals surface area contributed by atoms with E-state index in [9.17, 15) is 27.6 Å². The number of aromatic nitrogens is 1. The van der Waals surface area contributed by atoms with Gasteiger partial charge >= 0.3 is 5.97 Å². The summed E-state index contributed by atoms with van der Waals surface area (Å²) in [7, 11) is -3.83. The van der Waals surface area contributed by atoms with E-state index in [1.165, 1.54) is 0 Å². The Morgan fingerprint density at radius 2 is 1.87 bits per heavy atom. The molecule has 2 amide bonds. The summed E-state index contributed by atoms with van der Waals surface area (Å²) >= 11 is 0. The summed E-state index contributed by atoms with van der Waals surface area (Å²) in [5.74, 6) is -2.35. The van der Waals surface area contributed by atoms with E-state index in [0.29, 0.717) is 31.7 Å². The normalized spacial score (nSPS) is 30.9. The molecule has 2 aliphatic heterocycles. The van der Waals surface area contributed by atoms with Crippen molar-refractivity contribution in [1.29, 1.82) is 0 Å². The van der Waals surface area contributed by atoms with Crippen LogP contribution in [0.2, 0.25) is 0 Å². The van der Waals surface area contributed by atoms with Crippen LogP contribution < -0.4 is 9.46 Å². The van der Waals surface area contributed by atoms with Crippen LogP contribution in [-0.4, -0.2) is 72.4 Å². The van der Waals surface area contributed by atoms with Crippen molar-refractivity contribution < 1.29 is 37.1 Å². The summed E-state index contributed by atoms with van der Waals surface area (Å²) in [6.45, 7) is 4.26. The molecular formula is C41H49N3O8S. The van der Waals surface area contributed by atoms with E-state index >= 15 is 0 Å². The SMILES string of the molecule is C=C[C@@H]1C[C@]1(CC(=O)[C@@H]1C[C@@H]2CN1C(=O)[C@H](C1CCCCC1)CC(=O)OCC1(C/C=C/c3ccc4ccnc(c4c3)O2)CC1)C(=O)NS(=O)(=O)C1CC1. The predicted octanol–water partition coefficient (Wildman–Crippen LogP) is 5.67. The number of carbonyl (C=O) groups is 4. The molecule has 4 aliphatic carbocycles. The third-order valence-corrected chi connectivity index (χ3v) is 14.6. The first-order valence-corrected chi connectivity index (χ1v) is 20.9. The molecule has 1 spiro atoms. The van der Waals surface area contributed by atoms with Crippen LogP contribution in [0, 0.1) is 28.6 Å². The van der Waals surface area contributed by atoms with Crippen LogP contribution >= 0.6 is 0 Å². The number of nitrogens with one attached hydrogen (secondary N) is 1. The zero-order valence-corrected chi connectivity index (χ0v) is 31.0. The minimum absolute atomic E-state index is 0.0283. The minimum Gasteiger partial charge on any atom is -0.472 e. The summed E-state index contributed by atoms with van der Waals surface area (Å²) in [5, 5.41) is 1.17. The Labute approximate surface area is 311 Å². The van der Waals surface area contributed by atoms with Crippen molar-refractivity contribution >= 4 is 50.4 Å². The number of cyclic esters (lactones) is 1. The number of allylic oxidation sites excluding steroid dienone is 2. The topological polar surface area (TPSA) is 149 Å². The van der Waals surface area contributed by atoms with Gasteiger partial charge in [0.05, 0.1) is 42.2 Å². The second kappa shape index (κ2) is 14.0. The van der Waals surface area contributed by atoms with Crippen molar-refractivity contribution in [2.24, 2.45) is 28.6 Å². The van der Waals surface area contributed by atoms with Gasteiger partial charge in [-0.15, -0.1) is 6.58 Å². The van der Waals surface area contributed by atoms with Crippen LogP contribution in [0.25, 0.3) is 16.8 Å². The highest BCUT2D eigenvalue weighted by molar-refractivity contribution is 7.90. The van der Waals surface area contributed by atoms with Crippen LogP contribution in [0.4, 0.5) is 0 Å². The first-order valence-electron chi connectivity index (χ1n) is 19.4. The molecular weight excluding hydrogens is 695 g/mol. The third kappa shape index (κ3) is 7.40. The highest BCUT2D eigenvalue weighted by Crippen LogP contribution is 2.57. The molecule has 1 aromatic heterocycles. The maximum atomic E-state index is 14.8. The summed E-state index contributed by atoms with van der Waals surface area (Å²) in [6.07, 6.45) is 15.4. The number of ketones is 1. The molecule has 8 rings (SSSR count). The maximum Gasteiger partial charge on any atom is 0.306 e. The molecule has 5 atom stereocenters. The standard InChI is InChI=1S/C41H49N3O8S/c1-2-29-22-41(29,39(48)43-53(49,50)31-12-13-31)23-35(45)34-20-30-24-44(34)38(47)33(27-8-4-3-5-9-27)21-36(46)51-25-40(16-17-40)15-6-7-26-10-11-28-14-18-42-37(52-30)32(28)19-26/h2,6-7,10-11,14,18-19,27,29-31,33-34H,1,3-5,8-9,12-13,15-17,20-25H2,(H,43,48)/b7-6+/t29-,30-,33+,34+,41-/m1/s1. The molecule has 12 heteroatoms. The number of sulfonamides is 1. The molecule has 4 saturated carbocycles. The third-order valence-electron chi connectivity index (χ3n) is 12.8. The largest absolute Gasteiger partial charge is 0.472 e. The number of ether oxygens (including phenoxy) is 2. The van der Waals surface area contributed by atoms with E-state index in [4.69, 9.17) is 9.47 Å². The van der Waals surface area contributed by atoms with E-state index in [0.717, 1.165) is 67.7 Å². The van der Waals surface area contributed by atoms with Gasteiger partial charge in [-0.2, -0.15) is 0 Å². The van der Waals surface area contributed by atoms with Gasteiger partial charge in [-0.05, 0) is 86.3 Å². The number of Topliss-reactive ketones (excluding diaryl/α,β-unsaturated/α-hetero) is 1. The molecule has 0 unspecified atom stereocenters. The van der Waals surface area contributed by atoms with Crippen molar-refractivity contribution in [1.82, 2.24) is 14.6 Å². The Bertz CT molecular complexity index is 1960. The number of benzene rings is 1. The lowest BCUT2D eigenvalue weighted by molar-refractivity contribution is -0.153. The number of amides is 2. The summed E-state index contributed by atoms with van der Waals surface area (Å²) in [5.41, 5.74) is -0.377. The average Bonchev–Trinajstić information content (AvgIpc) is 4.07. The van der Waals surface area contributed by atoms with E-state index in [1.807, 2.05) is 24.3 Å². The molecule has 53 heavy (non-hydrogen) atoms. The average molecular weight is 744 g/mol. The maximum absolute atomic E-state index is 14.8. The van der Waals surface area contributed by atoms with Crippen molar-refractivity contribution in [3.8, 4) is 5.88 Å². The monoisotopic (exact) mass is 743 g/mol. The van der Waals surface area contributed by atoms with Crippen molar-refractivity contribution in [3.63, 3.8) is 0 Å². The van der Waals surface area contributed by atoms with Gasteiger partial charge in [-0.25, -0.2) is 13.4 Å². The van der Waals surface area contributed by atoms with E-state index < -0.39 is 50.6 Å². The lowest BCUT2D eigenvalue weighted by Crippen LogP contribution is -2.48. The van der Waals surface area contributed by atoms with E-state index in [-0.39, 0.29) is 54.7 Å². The smallest absolute Gasteiger partial charge is 0.306 e. The summed E-state index contributed by atoms with van der Waals surface area (Å²) in [4.78, 5) is 62.6. The lowest BCUT2D eigenvalue weighted by atomic mass is 9.77. The molecule has 282 valence electrons. The molecule has 6 aliphatic rings. The fourth-order valence-corrected chi connectivity index (χ4v) is 10.3. The number of carbonyl (C=O) groups excluding carboxylic acids is 4. The number of esters is 1. The van der Waals surface area contributed by atoms with Gasteiger partial charge in [0.2, 0.25) is 27.7 Å². The Morgan fingerprint density at radius 3 is 2.58 bits per heavy atom. The molecule has 4 bridgehead atoms. The van der Waals surface area contributed by atoms with Crippen LogP contribution in [0.5, 0.6) is 5.88 Å². The lowest BCUT2D eigenvalue weighted by Gasteiger charge is -2.34. The highest BCUT2D eigenvalue weighted by atomic mass is 32.2. The second-order valence-electron chi connectivity index (χ2n) is 16.6. The molecule has 1 aromatic carbocycles. The predicted molar refractivity (Wildman–Crippen MR) is 198 cm³/mol. The van der Waals surface area contributed by atoms with Crippen molar-refractivity contribution in [2.75, 3.05) is 13.2 Å². The molecule has 0 radical (unpaired) electrons. The number of hydrogen-bond acceptors (Lipinski definition) is 9.